The average Bonchev–Trinajstić information content (AvgIpc) is 2.82. The van der Waals surface area contributed by atoms with Crippen molar-refractivity contribution in [2.75, 3.05) is 13.2 Å². The Morgan fingerprint density at radius 2 is 1.76 bits per heavy atom. The van der Waals surface area contributed by atoms with E-state index in [-0.39, 0.29) is 11.3 Å². The minimum absolute atomic E-state index is 0.153. The van der Waals surface area contributed by atoms with Gasteiger partial charge in [0, 0.05) is 17.7 Å². The quantitative estimate of drug-likeness (QED) is 0.156. The third kappa shape index (κ3) is 9.31. The first kappa shape index (κ1) is 25.8. The highest BCUT2D eigenvalue weighted by atomic mass is 16.6. The van der Waals surface area contributed by atoms with Crippen LogP contribution < -0.4 is 14.9 Å². The summed E-state index contributed by atoms with van der Waals surface area (Å²) in [4.78, 5) is 22.5. The Morgan fingerprint density at radius 1 is 1.00 bits per heavy atom. The van der Waals surface area contributed by atoms with Crippen LogP contribution in [0.1, 0.15) is 74.7 Å². The summed E-state index contributed by atoms with van der Waals surface area (Å²) in [5.74, 6) is 0.768. The number of hydrogen-bond acceptors (Lipinski definition) is 6. The zero-order valence-electron chi connectivity index (χ0n) is 19.4. The number of nitrogens with one attached hydrogen (secondary N) is 1. The number of carbonyl (C=O) groups excluding carboxylic acids is 1. The predicted octanol–water partition coefficient (Wildman–Crippen LogP) is 5.89. The SMILES string of the molecule is CCCCCCCCCOc1ccc(/C=N/NC(=O)c2cccc([N+](=O)[O-])c2)cc1OCC. The summed E-state index contributed by atoms with van der Waals surface area (Å²) in [7, 11) is 0. The van der Waals surface area contributed by atoms with Gasteiger partial charge in [-0.3, -0.25) is 14.9 Å². The summed E-state index contributed by atoms with van der Waals surface area (Å²) in [5, 5.41) is 14.8. The van der Waals surface area contributed by atoms with Gasteiger partial charge in [-0.25, -0.2) is 5.43 Å². The van der Waals surface area contributed by atoms with Gasteiger partial charge in [-0.2, -0.15) is 5.10 Å². The van der Waals surface area contributed by atoms with Crippen LogP contribution in [0.15, 0.2) is 47.6 Å². The molecule has 0 bridgehead atoms. The highest BCUT2D eigenvalue weighted by Gasteiger charge is 2.11. The molecule has 2 aromatic carbocycles. The van der Waals surface area contributed by atoms with Gasteiger partial charge in [-0.15, -0.1) is 0 Å². The van der Waals surface area contributed by atoms with Gasteiger partial charge >= 0.3 is 0 Å². The van der Waals surface area contributed by atoms with E-state index >= 15 is 0 Å². The van der Waals surface area contributed by atoms with E-state index in [1.54, 1.807) is 6.07 Å². The zero-order chi connectivity index (χ0) is 23.9. The fourth-order valence-corrected chi connectivity index (χ4v) is 3.22. The molecule has 8 nitrogen and oxygen atoms in total. The maximum absolute atomic E-state index is 12.2. The number of nitro benzene ring substituents is 1. The van der Waals surface area contributed by atoms with Gasteiger partial charge in [0.15, 0.2) is 11.5 Å². The molecule has 0 aliphatic heterocycles. The summed E-state index contributed by atoms with van der Waals surface area (Å²) in [6.07, 6.45) is 10.0. The summed E-state index contributed by atoms with van der Waals surface area (Å²) in [6, 6.07) is 10.9. The van der Waals surface area contributed by atoms with E-state index < -0.39 is 10.8 Å². The smallest absolute Gasteiger partial charge is 0.271 e. The largest absolute Gasteiger partial charge is 0.490 e. The van der Waals surface area contributed by atoms with Gasteiger partial charge in [0.05, 0.1) is 24.4 Å². The topological polar surface area (TPSA) is 103 Å². The van der Waals surface area contributed by atoms with Crippen LogP contribution in [0.2, 0.25) is 0 Å². The number of unbranched alkanes of at least 4 members (excludes halogenated alkanes) is 6. The van der Waals surface area contributed by atoms with Crippen LogP contribution in [-0.2, 0) is 0 Å². The van der Waals surface area contributed by atoms with Crippen molar-refractivity contribution in [2.45, 2.75) is 58.8 Å². The molecule has 0 heterocycles. The lowest BCUT2D eigenvalue weighted by Gasteiger charge is -2.12. The second-order valence-corrected chi connectivity index (χ2v) is 7.62. The van der Waals surface area contributed by atoms with Crippen LogP contribution in [0.4, 0.5) is 5.69 Å². The van der Waals surface area contributed by atoms with Crippen molar-refractivity contribution in [2.24, 2.45) is 5.10 Å². The molecular formula is C25H33N3O5. The van der Waals surface area contributed by atoms with Crippen molar-refractivity contribution < 1.29 is 19.2 Å². The van der Waals surface area contributed by atoms with E-state index in [1.165, 1.54) is 62.6 Å². The van der Waals surface area contributed by atoms with E-state index in [0.717, 1.165) is 18.4 Å². The molecule has 0 aliphatic rings. The monoisotopic (exact) mass is 455 g/mol. The van der Waals surface area contributed by atoms with Crippen LogP contribution in [0.5, 0.6) is 11.5 Å². The van der Waals surface area contributed by atoms with Crippen molar-refractivity contribution in [1.29, 1.82) is 0 Å². The standard InChI is InChI=1S/C25H33N3O5/c1-3-5-6-7-8-9-10-16-33-23-15-14-20(17-24(23)32-4-2)19-26-27-25(29)21-12-11-13-22(18-21)28(30)31/h11-15,17-19H,3-10,16H2,1-2H3,(H,27,29)/b26-19+. The Balaban J connectivity index is 1.88. The highest BCUT2D eigenvalue weighted by Crippen LogP contribution is 2.28. The van der Waals surface area contributed by atoms with E-state index in [9.17, 15) is 14.9 Å². The molecule has 0 spiro atoms. The van der Waals surface area contributed by atoms with Crippen LogP contribution in [0.3, 0.4) is 0 Å². The van der Waals surface area contributed by atoms with Crippen LogP contribution in [0, 0.1) is 10.1 Å². The number of rotatable bonds is 15. The second kappa shape index (κ2) is 14.6. The van der Waals surface area contributed by atoms with Crippen LogP contribution in [-0.4, -0.2) is 30.3 Å². The molecule has 0 fully saturated rings. The van der Waals surface area contributed by atoms with Gasteiger partial charge in [0.2, 0.25) is 0 Å². The molecule has 0 unspecified atom stereocenters. The lowest BCUT2D eigenvalue weighted by atomic mass is 10.1. The van der Waals surface area contributed by atoms with Crippen molar-refractivity contribution in [1.82, 2.24) is 5.43 Å². The third-order valence-electron chi connectivity index (χ3n) is 4.97. The predicted molar refractivity (Wildman–Crippen MR) is 129 cm³/mol. The minimum Gasteiger partial charge on any atom is -0.490 e. The zero-order valence-corrected chi connectivity index (χ0v) is 19.4. The summed E-state index contributed by atoms with van der Waals surface area (Å²) in [5.41, 5.74) is 3.11. The molecule has 178 valence electrons. The molecule has 1 amide bonds. The normalized spacial score (nSPS) is 10.8. The Hall–Kier alpha value is -3.42. The molecule has 2 aromatic rings. The number of non-ortho nitro benzene ring substituents is 1. The van der Waals surface area contributed by atoms with Gasteiger partial charge in [0.1, 0.15) is 0 Å². The molecule has 0 atom stereocenters. The lowest BCUT2D eigenvalue weighted by Crippen LogP contribution is -2.17. The maximum atomic E-state index is 12.2. The van der Waals surface area contributed by atoms with Gasteiger partial charge in [-0.1, -0.05) is 51.5 Å². The van der Waals surface area contributed by atoms with E-state index in [4.69, 9.17) is 9.47 Å². The molecule has 1 N–H and O–H groups in total. The average molecular weight is 456 g/mol. The number of hydrogen-bond donors (Lipinski definition) is 1. The fraction of sp³-hybridized carbons (Fsp3) is 0.440. The van der Waals surface area contributed by atoms with Crippen molar-refractivity contribution in [3.05, 3.63) is 63.7 Å². The molecule has 0 saturated heterocycles. The number of nitrogens with zero attached hydrogens (tertiary/aromatic N) is 2. The van der Waals surface area contributed by atoms with E-state index in [0.29, 0.717) is 24.7 Å². The van der Waals surface area contributed by atoms with E-state index in [1.807, 2.05) is 19.1 Å². The third-order valence-corrected chi connectivity index (χ3v) is 4.97. The molecule has 0 saturated carbocycles. The Labute approximate surface area is 195 Å². The van der Waals surface area contributed by atoms with Crippen LogP contribution in [0.25, 0.3) is 0 Å². The summed E-state index contributed by atoms with van der Waals surface area (Å²) >= 11 is 0. The van der Waals surface area contributed by atoms with Gasteiger partial charge in [-0.05, 0) is 43.2 Å². The minimum atomic E-state index is -0.549. The first-order valence-electron chi connectivity index (χ1n) is 11.5. The maximum Gasteiger partial charge on any atom is 0.271 e. The number of hydrazone groups is 1. The highest BCUT2D eigenvalue weighted by molar-refractivity contribution is 5.95. The fourth-order valence-electron chi connectivity index (χ4n) is 3.22. The Kier molecular flexibility index (Phi) is 11.4. The van der Waals surface area contributed by atoms with Crippen molar-refractivity contribution in [3.8, 4) is 11.5 Å². The lowest BCUT2D eigenvalue weighted by molar-refractivity contribution is -0.384. The van der Waals surface area contributed by atoms with Crippen molar-refractivity contribution >= 4 is 17.8 Å². The van der Waals surface area contributed by atoms with E-state index in [2.05, 4.69) is 17.5 Å². The molecule has 8 heteroatoms. The molecule has 0 aliphatic carbocycles. The molecule has 2 rings (SSSR count). The molecule has 33 heavy (non-hydrogen) atoms. The first-order chi connectivity index (χ1) is 16.0. The molecule has 0 aromatic heterocycles. The number of ether oxygens (including phenoxy) is 2. The summed E-state index contributed by atoms with van der Waals surface area (Å²) in [6.45, 7) is 5.26. The van der Waals surface area contributed by atoms with Gasteiger partial charge < -0.3 is 9.47 Å². The second-order valence-electron chi connectivity index (χ2n) is 7.62. The number of amides is 1. The number of nitro groups is 1. The Morgan fingerprint density at radius 3 is 2.48 bits per heavy atom. The summed E-state index contributed by atoms with van der Waals surface area (Å²) < 4.78 is 11.6. The van der Waals surface area contributed by atoms with Crippen LogP contribution >= 0.6 is 0 Å². The number of benzene rings is 2. The molecular weight excluding hydrogens is 422 g/mol. The number of carbonyl (C=O) groups is 1. The Bertz CT molecular complexity index is 930. The van der Waals surface area contributed by atoms with Gasteiger partial charge in [0.25, 0.3) is 11.6 Å². The first-order valence-corrected chi connectivity index (χ1v) is 11.5. The molecule has 0 radical (unpaired) electrons. The van der Waals surface area contributed by atoms with Crippen molar-refractivity contribution in [3.63, 3.8) is 0 Å².